The Balaban J connectivity index is 1.59. The molecule has 2 heterocycles. The average Bonchev–Trinajstić information content (AvgIpc) is 3.67. The lowest BCUT2D eigenvalue weighted by Crippen LogP contribution is -2.58. The van der Waals surface area contributed by atoms with Crippen LogP contribution in [0.3, 0.4) is 0 Å². The van der Waals surface area contributed by atoms with Crippen molar-refractivity contribution in [3.8, 4) is 11.8 Å². The van der Waals surface area contributed by atoms with Gasteiger partial charge in [0, 0.05) is 39.3 Å². The van der Waals surface area contributed by atoms with E-state index in [1.807, 2.05) is 6.07 Å². The molecule has 0 aromatic heterocycles. The van der Waals surface area contributed by atoms with Crippen LogP contribution >= 0.6 is 0 Å². The smallest absolute Gasteiger partial charge is 0.471 e. The van der Waals surface area contributed by atoms with Crippen molar-refractivity contribution in [1.29, 1.82) is 5.26 Å². The summed E-state index contributed by atoms with van der Waals surface area (Å²) in [4.78, 5) is 53.9. The zero-order valence-electron chi connectivity index (χ0n) is 22.6. The maximum absolute atomic E-state index is 14.2. The van der Waals surface area contributed by atoms with E-state index in [2.05, 4.69) is 5.32 Å². The molecule has 1 aliphatic carbocycles. The third-order valence-electron chi connectivity index (χ3n) is 7.56. The highest BCUT2D eigenvalue weighted by Crippen LogP contribution is 2.42. The summed E-state index contributed by atoms with van der Waals surface area (Å²) in [5, 5.41) is 13.8. The van der Waals surface area contributed by atoms with Gasteiger partial charge in [0.15, 0.2) is 11.6 Å². The molecule has 0 bridgehead atoms. The summed E-state index contributed by atoms with van der Waals surface area (Å²) in [5.74, 6) is -7.35. The fourth-order valence-electron chi connectivity index (χ4n) is 5.11. The molecule has 2 N–H and O–H groups in total. The molecule has 1 aromatic carbocycles. The Bertz CT molecular complexity index is 1320. The molecular weight excluding hydrogens is 573 g/mol. The van der Waals surface area contributed by atoms with Gasteiger partial charge in [-0.3, -0.25) is 19.2 Å². The lowest BCUT2D eigenvalue weighted by atomic mass is 9.97. The van der Waals surface area contributed by atoms with E-state index in [0.717, 1.165) is 28.7 Å². The number of hydrogen-bond acceptors (Lipinski definition) is 7. The Kier molecular flexibility index (Phi) is 8.63. The molecular formula is C26H28F5N5O6. The van der Waals surface area contributed by atoms with Crippen LogP contribution in [0.2, 0.25) is 0 Å². The van der Waals surface area contributed by atoms with Gasteiger partial charge >= 0.3 is 12.1 Å². The predicted octanol–water partition coefficient (Wildman–Crippen LogP) is 1.87. The van der Waals surface area contributed by atoms with Crippen LogP contribution in [0.4, 0.5) is 27.6 Å². The number of benzene rings is 1. The number of likely N-dealkylation sites (N-methyl/N-ethyl adjacent to an activating group) is 1. The largest absolute Gasteiger partial charge is 0.473 e. The molecule has 1 aromatic rings. The van der Waals surface area contributed by atoms with Gasteiger partial charge in [0.1, 0.15) is 29.6 Å². The molecule has 16 heteroatoms. The topological polar surface area (TPSA) is 141 Å². The first kappa shape index (κ1) is 30.9. The van der Waals surface area contributed by atoms with Gasteiger partial charge in [-0.2, -0.15) is 18.4 Å². The molecule has 42 heavy (non-hydrogen) atoms. The van der Waals surface area contributed by atoms with Gasteiger partial charge in [-0.05, 0) is 18.8 Å². The van der Waals surface area contributed by atoms with Crippen molar-refractivity contribution in [1.82, 2.24) is 15.1 Å². The summed E-state index contributed by atoms with van der Waals surface area (Å²) >= 11 is 0. The summed E-state index contributed by atoms with van der Waals surface area (Å²) in [5.41, 5.74) is -2.28. The van der Waals surface area contributed by atoms with Crippen LogP contribution in [-0.4, -0.2) is 90.6 Å². The number of carbonyl (C=O) groups is 4. The number of halogens is 5. The Morgan fingerprint density at radius 3 is 2.60 bits per heavy atom. The van der Waals surface area contributed by atoms with E-state index in [9.17, 15) is 46.4 Å². The summed E-state index contributed by atoms with van der Waals surface area (Å²) in [6.45, 7) is -0.682. The predicted molar refractivity (Wildman–Crippen MR) is 132 cm³/mol. The number of likely N-dealkylation sites (tertiary alicyclic amines) is 1. The lowest BCUT2D eigenvalue weighted by molar-refractivity contribution is -0.175. The summed E-state index contributed by atoms with van der Waals surface area (Å²) in [7, 11) is 2.46. The van der Waals surface area contributed by atoms with E-state index in [4.69, 9.17) is 9.47 Å². The number of carbonyl (C=O) groups excluding carboxylic acids is 4. The van der Waals surface area contributed by atoms with Crippen molar-refractivity contribution in [3.63, 3.8) is 0 Å². The number of nitrogens with one attached hydrogen (secondary N) is 2. The molecule has 11 nitrogen and oxygen atoms in total. The van der Waals surface area contributed by atoms with Crippen LogP contribution in [0.25, 0.3) is 0 Å². The number of hydrogen-bond donors (Lipinski definition) is 2. The Morgan fingerprint density at radius 1 is 1.31 bits per heavy atom. The van der Waals surface area contributed by atoms with Crippen LogP contribution in [0.15, 0.2) is 12.1 Å². The van der Waals surface area contributed by atoms with E-state index < -0.39 is 77.4 Å². The highest BCUT2D eigenvalue weighted by molar-refractivity contribution is 6.02. The first-order valence-electron chi connectivity index (χ1n) is 13.0. The van der Waals surface area contributed by atoms with Crippen LogP contribution in [-0.2, 0) is 23.9 Å². The average molecular weight is 602 g/mol. The minimum Gasteiger partial charge on any atom is -0.473 e. The maximum atomic E-state index is 14.2. The van der Waals surface area contributed by atoms with Gasteiger partial charge in [-0.15, -0.1) is 0 Å². The summed E-state index contributed by atoms with van der Waals surface area (Å²) in [6, 6.07) is -0.875. The molecule has 4 atom stereocenters. The number of fused-ring (bicyclic) bond motifs is 1. The second-order valence-electron chi connectivity index (χ2n) is 10.6. The van der Waals surface area contributed by atoms with Crippen LogP contribution < -0.4 is 15.4 Å². The van der Waals surface area contributed by atoms with Crippen molar-refractivity contribution >= 4 is 29.3 Å². The number of nitrogens with zero attached hydrogens (tertiary/aromatic N) is 3. The molecule has 1 spiro atoms. The number of methoxy groups -OCH3 is 1. The van der Waals surface area contributed by atoms with E-state index in [0.29, 0.717) is 6.07 Å². The van der Waals surface area contributed by atoms with E-state index in [1.165, 1.54) is 14.2 Å². The van der Waals surface area contributed by atoms with Crippen molar-refractivity contribution in [3.05, 3.63) is 23.8 Å². The number of alkyl halides is 3. The van der Waals surface area contributed by atoms with Crippen LogP contribution in [0.5, 0.6) is 5.75 Å². The van der Waals surface area contributed by atoms with Gasteiger partial charge in [-0.1, -0.05) is 12.8 Å². The third-order valence-corrected chi connectivity index (χ3v) is 7.56. The van der Waals surface area contributed by atoms with Gasteiger partial charge in [-0.25, -0.2) is 8.78 Å². The minimum absolute atomic E-state index is 0.0144. The zero-order valence-corrected chi connectivity index (χ0v) is 22.6. The van der Waals surface area contributed by atoms with Gasteiger partial charge < -0.3 is 29.9 Å². The van der Waals surface area contributed by atoms with Crippen molar-refractivity contribution in [2.75, 3.05) is 32.6 Å². The molecule has 2 fully saturated rings. The Labute approximate surface area is 236 Å². The standard InChI is InChI=1S/C26H28F5N5O6/c1-35(21(37)17(5-6-41-2)33-24(40)26(29,30)31)18(7-13-3-4-13)22(38)36-12-25(10-15(36)11-32)23(39)34-20-16(28)8-14(27)9-19(20)42-25/h8-9,13,15,17-18H,3-7,10,12H2,1-2H3,(H,33,40)(H,34,39)/t15-,17-,18-,25+/m0/s1. The Morgan fingerprint density at radius 2 is 2.00 bits per heavy atom. The van der Waals surface area contributed by atoms with Crippen molar-refractivity contribution in [2.45, 2.75) is 62.0 Å². The number of rotatable bonds is 9. The molecule has 0 radical (unpaired) electrons. The quantitative estimate of drug-likeness (QED) is 0.412. The molecule has 2 aliphatic heterocycles. The van der Waals surface area contributed by atoms with Gasteiger partial charge in [0.25, 0.3) is 5.91 Å². The SMILES string of the molecule is COCC[C@H](NC(=O)C(F)(F)F)C(=O)N(C)[C@@H](CC1CC1)C(=O)N1C[C@@]2(C[C@H]1C#N)Oc1cc(F)cc(F)c1NC2=O. The first-order chi connectivity index (χ1) is 19.7. The maximum Gasteiger partial charge on any atom is 0.471 e. The fourth-order valence-corrected chi connectivity index (χ4v) is 5.11. The molecule has 1 saturated carbocycles. The normalized spacial score (nSPS) is 22.9. The van der Waals surface area contributed by atoms with Crippen LogP contribution in [0.1, 0.15) is 32.1 Å². The molecule has 1 saturated heterocycles. The van der Waals surface area contributed by atoms with Gasteiger partial charge in [0.05, 0.1) is 12.6 Å². The molecule has 228 valence electrons. The fraction of sp³-hybridized carbons (Fsp3) is 0.577. The number of anilines is 1. The minimum atomic E-state index is -5.26. The zero-order chi connectivity index (χ0) is 31.0. The summed E-state index contributed by atoms with van der Waals surface area (Å²) in [6.07, 6.45) is -4.37. The van der Waals surface area contributed by atoms with Crippen molar-refractivity contribution in [2.24, 2.45) is 5.92 Å². The van der Waals surface area contributed by atoms with E-state index in [-0.39, 0.29) is 37.5 Å². The molecule has 0 unspecified atom stereocenters. The Hall–Kier alpha value is -4.00. The number of amides is 4. The van der Waals surface area contributed by atoms with E-state index >= 15 is 0 Å². The van der Waals surface area contributed by atoms with Gasteiger partial charge in [0.2, 0.25) is 17.4 Å². The molecule has 4 amide bonds. The number of nitriles is 1. The monoisotopic (exact) mass is 601 g/mol. The highest BCUT2D eigenvalue weighted by atomic mass is 19.4. The molecule has 4 rings (SSSR count). The highest BCUT2D eigenvalue weighted by Gasteiger charge is 2.57. The second kappa shape index (κ2) is 11.7. The van der Waals surface area contributed by atoms with Crippen LogP contribution in [0, 0.1) is 28.9 Å². The lowest BCUT2D eigenvalue weighted by Gasteiger charge is -2.36. The molecule has 3 aliphatic rings. The van der Waals surface area contributed by atoms with E-state index in [1.54, 1.807) is 5.32 Å². The van der Waals surface area contributed by atoms with Crippen molar-refractivity contribution < 1.29 is 50.6 Å². The first-order valence-corrected chi connectivity index (χ1v) is 13.0. The summed E-state index contributed by atoms with van der Waals surface area (Å²) < 4.78 is 77.5. The third kappa shape index (κ3) is 6.25. The second-order valence-corrected chi connectivity index (χ2v) is 10.6. The number of ether oxygens (including phenoxy) is 2.